The molecule has 0 spiro atoms. The van der Waals surface area contributed by atoms with Crippen LogP contribution in [0.25, 0.3) is 0 Å². The standard InChI is InChI=1S/C16H22N2O3/c1-18-11-3-2-4-12(18)8-10(7-11)17-16(21)14-9-13(19)5-6-15(14)20/h5-6,9-12,19-20H,2-4,7-8H2,1H3,(H,17,21). The molecular weight excluding hydrogens is 268 g/mol. The van der Waals surface area contributed by atoms with Crippen molar-refractivity contribution in [3.63, 3.8) is 0 Å². The lowest BCUT2D eigenvalue weighted by atomic mass is 9.82. The third-order valence-corrected chi connectivity index (χ3v) is 4.90. The number of phenolic OH excluding ortho intramolecular Hbond substituents is 2. The van der Waals surface area contributed by atoms with Gasteiger partial charge in [-0.2, -0.15) is 0 Å². The molecule has 0 aliphatic carbocycles. The molecule has 0 aromatic heterocycles. The Hall–Kier alpha value is -1.75. The number of phenols is 2. The second-order valence-electron chi connectivity index (χ2n) is 6.25. The molecule has 0 saturated carbocycles. The molecule has 114 valence electrons. The van der Waals surface area contributed by atoms with Crippen molar-refractivity contribution in [2.24, 2.45) is 0 Å². The van der Waals surface area contributed by atoms with E-state index in [1.54, 1.807) is 0 Å². The van der Waals surface area contributed by atoms with Crippen LogP contribution in [0.5, 0.6) is 11.5 Å². The highest BCUT2D eigenvalue weighted by Gasteiger charge is 2.36. The Morgan fingerprint density at radius 2 is 1.90 bits per heavy atom. The van der Waals surface area contributed by atoms with Gasteiger partial charge in [-0.25, -0.2) is 0 Å². The molecule has 2 bridgehead atoms. The number of benzene rings is 1. The Morgan fingerprint density at radius 3 is 2.57 bits per heavy atom. The van der Waals surface area contributed by atoms with Crippen molar-refractivity contribution in [1.29, 1.82) is 0 Å². The summed E-state index contributed by atoms with van der Waals surface area (Å²) in [7, 11) is 2.17. The Balaban J connectivity index is 1.69. The molecule has 2 aliphatic heterocycles. The molecule has 1 aromatic carbocycles. The summed E-state index contributed by atoms with van der Waals surface area (Å²) in [6.45, 7) is 0. The van der Waals surface area contributed by atoms with Crippen molar-refractivity contribution < 1.29 is 15.0 Å². The quantitative estimate of drug-likeness (QED) is 0.727. The van der Waals surface area contributed by atoms with Gasteiger partial charge in [-0.1, -0.05) is 6.42 Å². The van der Waals surface area contributed by atoms with E-state index in [0.29, 0.717) is 12.1 Å². The normalized spacial score (nSPS) is 29.1. The van der Waals surface area contributed by atoms with Gasteiger partial charge in [0.15, 0.2) is 0 Å². The van der Waals surface area contributed by atoms with Crippen LogP contribution in [0.4, 0.5) is 0 Å². The SMILES string of the molecule is CN1C2CCCC1CC(NC(=O)c1cc(O)ccc1O)C2. The molecule has 2 aliphatic rings. The van der Waals surface area contributed by atoms with Gasteiger partial charge in [-0.3, -0.25) is 4.79 Å². The minimum Gasteiger partial charge on any atom is -0.508 e. The summed E-state index contributed by atoms with van der Waals surface area (Å²) >= 11 is 0. The summed E-state index contributed by atoms with van der Waals surface area (Å²) < 4.78 is 0. The van der Waals surface area contributed by atoms with Crippen LogP contribution in [-0.4, -0.2) is 46.2 Å². The fourth-order valence-electron chi connectivity index (χ4n) is 3.70. The fraction of sp³-hybridized carbons (Fsp3) is 0.562. The van der Waals surface area contributed by atoms with Crippen LogP contribution in [0, 0.1) is 0 Å². The van der Waals surface area contributed by atoms with E-state index in [1.165, 1.54) is 37.5 Å². The maximum absolute atomic E-state index is 12.3. The summed E-state index contributed by atoms with van der Waals surface area (Å²) in [6, 6.07) is 5.24. The van der Waals surface area contributed by atoms with Gasteiger partial charge in [0.05, 0.1) is 5.56 Å². The predicted octanol–water partition coefficient (Wildman–Crippen LogP) is 1.84. The van der Waals surface area contributed by atoms with Crippen LogP contribution in [-0.2, 0) is 0 Å². The topological polar surface area (TPSA) is 72.8 Å². The number of aromatic hydroxyl groups is 2. The summed E-state index contributed by atoms with van der Waals surface area (Å²) in [5.41, 5.74) is 0.138. The van der Waals surface area contributed by atoms with E-state index in [-0.39, 0.29) is 29.0 Å². The van der Waals surface area contributed by atoms with Gasteiger partial charge >= 0.3 is 0 Å². The van der Waals surface area contributed by atoms with Gasteiger partial charge in [-0.15, -0.1) is 0 Å². The minimum absolute atomic E-state index is 0.0156. The Labute approximate surface area is 124 Å². The fourth-order valence-corrected chi connectivity index (χ4v) is 3.70. The Morgan fingerprint density at radius 1 is 1.24 bits per heavy atom. The number of fused-ring (bicyclic) bond motifs is 2. The Kier molecular flexibility index (Phi) is 3.76. The van der Waals surface area contributed by atoms with Crippen molar-refractivity contribution in [3.8, 4) is 11.5 Å². The molecule has 2 fully saturated rings. The molecule has 21 heavy (non-hydrogen) atoms. The van der Waals surface area contributed by atoms with Gasteiger partial charge in [0.25, 0.3) is 5.91 Å². The largest absolute Gasteiger partial charge is 0.508 e. The molecule has 2 atom stereocenters. The lowest BCUT2D eigenvalue weighted by Crippen LogP contribution is -2.55. The van der Waals surface area contributed by atoms with Crippen molar-refractivity contribution >= 4 is 5.91 Å². The highest BCUT2D eigenvalue weighted by molar-refractivity contribution is 5.97. The monoisotopic (exact) mass is 290 g/mol. The molecule has 2 unspecified atom stereocenters. The van der Waals surface area contributed by atoms with E-state index in [4.69, 9.17) is 0 Å². The average molecular weight is 290 g/mol. The van der Waals surface area contributed by atoms with Crippen molar-refractivity contribution in [2.45, 2.75) is 50.2 Å². The average Bonchev–Trinajstić information content (AvgIpc) is 2.42. The third kappa shape index (κ3) is 2.83. The van der Waals surface area contributed by atoms with Crippen LogP contribution < -0.4 is 5.32 Å². The zero-order valence-electron chi connectivity index (χ0n) is 12.2. The zero-order valence-corrected chi connectivity index (χ0v) is 12.2. The van der Waals surface area contributed by atoms with Crippen molar-refractivity contribution in [1.82, 2.24) is 10.2 Å². The summed E-state index contributed by atoms with van der Waals surface area (Å²) in [4.78, 5) is 14.7. The van der Waals surface area contributed by atoms with Crippen molar-refractivity contribution in [2.75, 3.05) is 7.05 Å². The van der Waals surface area contributed by atoms with E-state index >= 15 is 0 Å². The molecule has 5 nitrogen and oxygen atoms in total. The van der Waals surface area contributed by atoms with E-state index < -0.39 is 0 Å². The number of nitrogens with one attached hydrogen (secondary N) is 1. The first kappa shape index (κ1) is 14.2. The van der Waals surface area contributed by atoms with Crippen LogP contribution >= 0.6 is 0 Å². The highest BCUT2D eigenvalue weighted by Crippen LogP contribution is 2.33. The molecule has 1 aromatic rings. The van der Waals surface area contributed by atoms with Crippen molar-refractivity contribution in [3.05, 3.63) is 23.8 Å². The van der Waals surface area contributed by atoms with Gasteiger partial charge in [0.2, 0.25) is 0 Å². The van der Waals surface area contributed by atoms with E-state index in [0.717, 1.165) is 12.8 Å². The first-order valence-corrected chi connectivity index (χ1v) is 7.59. The van der Waals surface area contributed by atoms with Crippen LogP contribution in [0.2, 0.25) is 0 Å². The molecule has 2 saturated heterocycles. The number of rotatable bonds is 2. The molecule has 3 N–H and O–H groups in total. The first-order chi connectivity index (χ1) is 10.0. The van der Waals surface area contributed by atoms with E-state index in [1.807, 2.05) is 0 Å². The van der Waals surface area contributed by atoms with Gasteiger partial charge in [0, 0.05) is 18.1 Å². The van der Waals surface area contributed by atoms with Crippen LogP contribution in [0.3, 0.4) is 0 Å². The second kappa shape index (κ2) is 5.56. The van der Waals surface area contributed by atoms with Crippen LogP contribution in [0.1, 0.15) is 42.5 Å². The zero-order chi connectivity index (χ0) is 15.0. The first-order valence-electron chi connectivity index (χ1n) is 7.59. The summed E-state index contributed by atoms with van der Waals surface area (Å²) in [5, 5.41) is 22.2. The Bertz CT molecular complexity index is 532. The second-order valence-corrected chi connectivity index (χ2v) is 6.25. The molecular formula is C16H22N2O3. The number of piperidine rings is 2. The van der Waals surface area contributed by atoms with Gasteiger partial charge < -0.3 is 20.4 Å². The lowest BCUT2D eigenvalue weighted by molar-refractivity contribution is 0.0462. The molecule has 2 heterocycles. The molecule has 1 amide bonds. The number of nitrogens with zero attached hydrogens (tertiary/aromatic N) is 1. The number of carbonyl (C=O) groups is 1. The maximum Gasteiger partial charge on any atom is 0.255 e. The maximum atomic E-state index is 12.3. The third-order valence-electron chi connectivity index (χ3n) is 4.90. The summed E-state index contributed by atoms with van der Waals surface area (Å²) in [6.07, 6.45) is 5.57. The molecule has 3 rings (SSSR count). The smallest absolute Gasteiger partial charge is 0.255 e. The van der Waals surface area contributed by atoms with Gasteiger partial charge in [-0.05, 0) is 50.9 Å². The van der Waals surface area contributed by atoms with Gasteiger partial charge in [0.1, 0.15) is 11.5 Å². The van der Waals surface area contributed by atoms with Crippen LogP contribution in [0.15, 0.2) is 18.2 Å². The summed E-state index contributed by atoms with van der Waals surface area (Å²) in [5.74, 6) is -0.423. The number of hydrogen-bond donors (Lipinski definition) is 3. The number of carbonyl (C=O) groups excluding carboxylic acids is 1. The number of amides is 1. The van der Waals surface area contributed by atoms with E-state index in [9.17, 15) is 15.0 Å². The molecule has 5 heteroatoms. The highest BCUT2D eigenvalue weighted by atomic mass is 16.3. The predicted molar refractivity (Wildman–Crippen MR) is 79.4 cm³/mol. The molecule has 0 radical (unpaired) electrons. The number of hydrogen-bond acceptors (Lipinski definition) is 4. The minimum atomic E-state index is -0.309. The van der Waals surface area contributed by atoms with E-state index in [2.05, 4.69) is 17.3 Å². The lowest BCUT2D eigenvalue weighted by Gasteiger charge is -2.47.